The molecule has 16 heteroatoms. The standard InChI is InChI=1S/C18H28Br6O7S.2Na/c1-3-5-11(17(19,20)21)7-9-16(15(27)28,13(14(25)26)32(29,30)31)10-8-12(6-4-2)18(22,23)24;;/h11-13H,3-10H2,1-2H3,(H,25,26)(H,27,28)(H,29,30,31);;/q;2*+1/p-2. The number of carbonyl (C=O) groups excluding carboxylic acids is 2. The van der Waals surface area contributed by atoms with Crippen LogP contribution in [0.15, 0.2) is 0 Å². The first kappa shape index (κ1) is 42.2. The van der Waals surface area contributed by atoms with Crippen LogP contribution in [0.5, 0.6) is 0 Å². The number of hydrogen-bond donors (Lipinski definition) is 1. The van der Waals surface area contributed by atoms with Gasteiger partial charge >= 0.3 is 59.1 Å². The number of hydrogen-bond acceptors (Lipinski definition) is 6. The van der Waals surface area contributed by atoms with Gasteiger partial charge in [0.1, 0.15) is 9.54 Å². The molecule has 0 saturated carbocycles. The van der Waals surface area contributed by atoms with Gasteiger partial charge in [0.2, 0.25) is 0 Å². The minimum absolute atomic E-state index is 0. The summed E-state index contributed by atoms with van der Waals surface area (Å²) in [5.41, 5.74) is -2.40. The average molecular weight is 912 g/mol. The van der Waals surface area contributed by atoms with Gasteiger partial charge in [-0.15, -0.1) is 0 Å². The summed E-state index contributed by atoms with van der Waals surface area (Å²) < 4.78 is 32.3. The molecule has 7 nitrogen and oxygen atoms in total. The smallest absolute Gasteiger partial charge is 0.549 e. The Morgan fingerprint density at radius 2 is 1.12 bits per heavy atom. The van der Waals surface area contributed by atoms with Crippen LogP contribution in [-0.4, -0.2) is 34.4 Å². The first-order valence-corrected chi connectivity index (χ1v) is 16.1. The van der Waals surface area contributed by atoms with Gasteiger partial charge in [-0.25, -0.2) is 0 Å². The number of rotatable bonds is 14. The maximum atomic E-state index is 12.4. The third-order valence-corrected chi connectivity index (χ3v) is 10.6. The molecule has 0 spiro atoms. The maximum absolute atomic E-state index is 12.4. The molecular formula is C18H26Br6Na2O7S. The molecule has 1 N–H and O–H groups in total. The molecular weight excluding hydrogens is 886 g/mol. The van der Waals surface area contributed by atoms with Gasteiger partial charge < -0.3 is 19.8 Å². The monoisotopic (exact) mass is 906 g/mol. The summed E-state index contributed by atoms with van der Waals surface area (Å²) in [4.78, 5) is 24.2. The second kappa shape index (κ2) is 18.2. The van der Waals surface area contributed by atoms with Crippen molar-refractivity contribution in [1.29, 1.82) is 0 Å². The van der Waals surface area contributed by atoms with E-state index in [9.17, 15) is 32.8 Å². The maximum Gasteiger partial charge on any atom is 1.00 e. The van der Waals surface area contributed by atoms with E-state index in [1.165, 1.54) is 0 Å². The molecule has 0 aliphatic heterocycles. The fraction of sp³-hybridized carbons (Fsp3) is 0.889. The van der Waals surface area contributed by atoms with Crippen LogP contribution in [0.2, 0.25) is 0 Å². The van der Waals surface area contributed by atoms with E-state index in [1.807, 2.05) is 13.8 Å². The molecule has 3 unspecified atom stereocenters. The van der Waals surface area contributed by atoms with E-state index in [2.05, 4.69) is 95.6 Å². The van der Waals surface area contributed by atoms with Crippen molar-refractivity contribution in [3.63, 3.8) is 0 Å². The molecule has 0 bridgehead atoms. The van der Waals surface area contributed by atoms with Gasteiger partial charge in [0.25, 0.3) is 10.1 Å². The Labute approximate surface area is 297 Å². The Balaban J connectivity index is -0.00000480. The Bertz CT molecular complexity index is 716. The van der Waals surface area contributed by atoms with Crippen molar-refractivity contribution in [1.82, 2.24) is 0 Å². The van der Waals surface area contributed by atoms with E-state index in [-0.39, 0.29) is 96.6 Å². The number of halogens is 6. The largest absolute Gasteiger partial charge is 1.00 e. The number of aliphatic carboxylic acids is 2. The molecule has 0 aromatic heterocycles. The minimum Gasteiger partial charge on any atom is -0.549 e. The second-order valence-corrected chi connectivity index (χ2v) is 23.2. The Morgan fingerprint density at radius 1 is 0.794 bits per heavy atom. The van der Waals surface area contributed by atoms with Crippen LogP contribution >= 0.6 is 95.6 Å². The first-order chi connectivity index (χ1) is 14.3. The molecule has 0 rings (SSSR count). The predicted octanol–water partition coefficient (Wildman–Crippen LogP) is -1.19. The van der Waals surface area contributed by atoms with Crippen LogP contribution in [0.4, 0.5) is 0 Å². The molecule has 3 atom stereocenters. The minimum atomic E-state index is -5.31. The van der Waals surface area contributed by atoms with Crippen LogP contribution in [0.25, 0.3) is 0 Å². The summed E-state index contributed by atoms with van der Waals surface area (Å²) in [6.45, 7) is 3.85. The van der Waals surface area contributed by atoms with E-state index in [0.717, 1.165) is 12.8 Å². The van der Waals surface area contributed by atoms with Gasteiger partial charge in [0.05, 0.1) is 5.97 Å². The number of carboxylic acids is 2. The molecule has 0 heterocycles. The van der Waals surface area contributed by atoms with E-state index >= 15 is 0 Å². The first-order valence-electron chi connectivity index (χ1n) is 9.86. The average Bonchev–Trinajstić information content (AvgIpc) is 2.57. The molecule has 190 valence electrons. The van der Waals surface area contributed by atoms with Crippen LogP contribution in [0.3, 0.4) is 0 Å². The van der Waals surface area contributed by atoms with E-state index in [0.29, 0.717) is 12.8 Å². The Morgan fingerprint density at radius 3 is 1.29 bits per heavy atom. The van der Waals surface area contributed by atoms with Crippen LogP contribution < -0.4 is 69.3 Å². The van der Waals surface area contributed by atoms with E-state index in [1.54, 1.807) is 0 Å². The normalized spacial score (nSPS) is 16.9. The zero-order valence-electron chi connectivity index (χ0n) is 19.5. The topological polar surface area (TPSA) is 135 Å². The molecule has 0 aromatic carbocycles. The van der Waals surface area contributed by atoms with Crippen molar-refractivity contribution in [3.8, 4) is 0 Å². The van der Waals surface area contributed by atoms with Gasteiger partial charge in [0, 0.05) is 11.4 Å². The van der Waals surface area contributed by atoms with Crippen molar-refractivity contribution < 1.29 is 91.9 Å². The molecule has 0 aliphatic rings. The van der Waals surface area contributed by atoms with Crippen molar-refractivity contribution in [2.75, 3.05) is 0 Å². The summed E-state index contributed by atoms with van der Waals surface area (Å²) in [5.74, 6) is -4.50. The summed E-state index contributed by atoms with van der Waals surface area (Å²) in [6, 6.07) is 0. The summed E-state index contributed by atoms with van der Waals surface area (Å²) >= 11 is 20.5. The predicted molar refractivity (Wildman–Crippen MR) is 142 cm³/mol. The molecule has 0 aliphatic carbocycles. The van der Waals surface area contributed by atoms with Crippen molar-refractivity contribution >= 4 is 118 Å². The summed E-state index contributed by atoms with van der Waals surface area (Å²) in [7, 11) is -5.31. The van der Waals surface area contributed by atoms with Gasteiger partial charge in [0.15, 0.2) is 0 Å². The fourth-order valence-corrected chi connectivity index (χ4v) is 7.73. The van der Waals surface area contributed by atoms with Gasteiger partial charge in [-0.2, -0.15) is 8.42 Å². The van der Waals surface area contributed by atoms with Gasteiger partial charge in [-0.3, -0.25) is 4.55 Å². The fourth-order valence-electron chi connectivity index (χ4n) is 3.83. The molecule has 34 heavy (non-hydrogen) atoms. The Kier molecular flexibility index (Phi) is 22.6. The third kappa shape index (κ3) is 13.9. The summed E-state index contributed by atoms with van der Waals surface area (Å²) in [5, 5.41) is 21.6. The number of carbonyl (C=O) groups is 2. The molecule has 0 amide bonds. The quantitative estimate of drug-likeness (QED) is 0.132. The van der Waals surface area contributed by atoms with Crippen LogP contribution in [0.1, 0.15) is 65.2 Å². The second-order valence-electron chi connectivity index (χ2n) is 7.79. The van der Waals surface area contributed by atoms with E-state index in [4.69, 9.17) is 0 Å². The zero-order valence-corrected chi connectivity index (χ0v) is 33.8. The van der Waals surface area contributed by atoms with E-state index < -0.39 is 37.0 Å². The number of alkyl halides is 6. The van der Waals surface area contributed by atoms with Crippen LogP contribution in [0, 0.1) is 17.3 Å². The summed E-state index contributed by atoms with van der Waals surface area (Å²) in [6.07, 6.45) is 2.27. The number of carboxylic acid groups (broad SMARTS) is 2. The SMILES string of the molecule is CCCC(CCC(CCC(CCC)C(Br)(Br)Br)(C(=O)[O-])C(C(=O)[O-])S(=O)(=O)O)C(Br)(Br)Br.[Na+].[Na+]. The zero-order chi connectivity index (χ0) is 25.5. The third-order valence-electron chi connectivity index (χ3n) is 5.50. The molecule has 0 fully saturated rings. The van der Waals surface area contributed by atoms with Gasteiger partial charge in [-0.1, -0.05) is 122 Å². The van der Waals surface area contributed by atoms with Crippen LogP contribution in [-0.2, 0) is 19.7 Å². The Hall–Kier alpha value is 3.73. The van der Waals surface area contributed by atoms with Gasteiger partial charge in [-0.05, 0) is 50.4 Å². The van der Waals surface area contributed by atoms with Crippen molar-refractivity contribution in [2.24, 2.45) is 17.3 Å². The molecule has 0 saturated heterocycles. The van der Waals surface area contributed by atoms with Crippen molar-refractivity contribution in [2.45, 2.75) is 74.7 Å². The van der Waals surface area contributed by atoms with Crippen molar-refractivity contribution in [3.05, 3.63) is 0 Å². The molecule has 0 radical (unpaired) electrons. The molecule has 0 aromatic rings.